The molecule has 0 heterocycles. The average molecular weight is 278 g/mol. The van der Waals surface area contributed by atoms with Crippen LogP contribution in [0, 0.1) is 23.3 Å². The quantitative estimate of drug-likeness (QED) is 0.199. The Kier molecular flexibility index (Phi) is 5.28. The molecule has 98 valence electrons. The van der Waals surface area contributed by atoms with Crippen LogP contribution in [0.2, 0.25) is 0 Å². The number of nitrogens with two attached hydrogens (primary N) is 1. The number of hydrogen-bond acceptors (Lipinski definition) is 4. The van der Waals surface area contributed by atoms with E-state index in [1.54, 1.807) is 0 Å². The second-order valence-corrected chi connectivity index (χ2v) is 3.33. The maximum Gasteiger partial charge on any atom is 0.394 e. The lowest BCUT2D eigenvalue weighted by Crippen LogP contribution is -2.12. The summed E-state index contributed by atoms with van der Waals surface area (Å²) in [6.45, 7) is 0. The molecule has 0 aromatic heterocycles. The Bertz CT molecular complexity index is 473. The fourth-order valence-electron chi connectivity index (χ4n) is 0.700. The minimum absolute atomic E-state index is 0.103. The first kappa shape index (κ1) is 15.6. The van der Waals surface area contributed by atoms with Crippen LogP contribution >= 0.6 is 0 Å². The molecule has 0 saturated heterocycles. The van der Waals surface area contributed by atoms with Crippen molar-refractivity contribution in [3.63, 3.8) is 0 Å². The van der Waals surface area contributed by atoms with E-state index in [0.29, 0.717) is 0 Å². The molecule has 0 aliphatic carbocycles. The van der Waals surface area contributed by atoms with Crippen LogP contribution in [0.4, 0.5) is 23.2 Å². The lowest BCUT2D eigenvalue weighted by atomic mass is 10.2. The summed E-state index contributed by atoms with van der Waals surface area (Å²) in [5.41, 5.74) is 0.494. The van der Waals surface area contributed by atoms with Gasteiger partial charge in [0.05, 0.1) is 0 Å². The summed E-state index contributed by atoms with van der Waals surface area (Å²) in [6, 6.07) is 0.103. The molecule has 1 aromatic rings. The Morgan fingerprint density at radius 2 is 1.35 bits per heavy atom. The van der Waals surface area contributed by atoms with Crippen LogP contribution in [0.3, 0.4) is 0 Å². The predicted molar refractivity (Wildman–Crippen MR) is 48.3 cm³/mol. The summed E-state index contributed by atoms with van der Waals surface area (Å²) < 4.78 is 81.3. The topological polar surface area (TPSA) is 113 Å². The fourth-order valence-corrected chi connectivity index (χ4v) is 0.700. The third-order valence-electron chi connectivity index (χ3n) is 1.26. The molecular weight excluding hydrogens is 272 g/mol. The molecule has 1 aromatic carbocycles. The van der Waals surface area contributed by atoms with Gasteiger partial charge in [-0.05, 0) is 0 Å². The van der Waals surface area contributed by atoms with Gasteiger partial charge in [0.15, 0.2) is 23.3 Å². The van der Waals surface area contributed by atoms with Crippen molar-refractivity contribution in [3.8, 4) is 0 Å². The second kappa shape index (κ2) is 5.77. The van der Waals surface area contributed by atoms with E-state index in [2.05, 4.69) is 5.84 Å². The van der Waals surface area contributed by atoms with Crippen molar-refractivity contribution in [2.45, 2.75) is 0 Å². The van der Waals surface area contributed by atoms with E-state index in [4.69, 9.17) is 17.5 Å². The van der Waals surface area contributed by atoms with Crippen molar-refractivity contribution >= 4 is 16.1 Å². The molecule has 6 nitrogen and oxygen atoms in total. The van der Waals surface area contributed by atoms with Crippen molar-refractivity contribution in [1.29, 1.82) is 0 Å². The molecule has 0 fully saturated rings. The highest BCUT2D eigenvalue weighted by Crippen LogP contribution is 2.22. The predicted octanol–water partition coefficient (Wildman–Crippen LogP) is 0.876. The first-order valence-corrected chi connectivity index (χ1v) is 4.97. The second-order valence-electron chi connectivity index (χ2n) is 2.44. The normalized spacial score (nSPS) is 10.5. The van der Waals surface area contributed by atoms with Gasteiger partial charge in [-0.2, -0.15) is 8.42 Å². The molecule has 1 rings (SSSR count). The van der Waals surface area contributed by atoms with Gasteiger partial charge >= 0.3 is 10.4 Å². The zero-order valence-corrected chi connectivity index (χ0v) is 8.60. The summed E-state index contributed by atoms with van der Waals surface area (Å²) in [4.78, 5) is 0. The van der Waals surface area contributed by atoms with Crippen LogP contribution in [0.1, 0.15) is 0 Å². The zero-order valence-electron chi connectivity index (χ0n) is 7.79. The number of hydrazine groups is 1. The van der Waals surface area contributed by atoms with Gasteiger partial charge in [0.25, 0.3) is 0 Å². The Labute approximate surface area is 92.6 Å². The van der Waals surface area contributed by atoms with Gasteiger partial charge in [-0.3, -0.25) is 14.9 Å². The fraction of sp³-hybridized carbons (Fsp3) is 0. The van der Waals surface area contributed by atoms with Gasteiger partial charge in [-0.1, -0.05) is 0 Å². The molecule has 5 N–H and O–H groups in total. The van der Waals surface area contributed by atoms with E-state index in [1.807, 2.05) is 0 Å². The van der Waals surface area contributed by atoms with Gasteiger partial charge in [0, 0.05) is 6.07 Å². The number of hydrogen-bond donors (Lipinski definition) is 4. The van der Waals surface area contributed by atoms with E-state index in [1.165, 1.54) is 5.43 Å². The Balaban J connectivity index is 0.000000437. The largest absolute Gasteiger partial charge is 0.394 e. The summed E-state index contributed by atoms with van der Waals surface area (Å²) in [5.74, 6) is -1.46. The van der Waals surface area contributed by atoms with E-state index in [9.17, 15) is 17.6 Å². The zero-order chi connectivity index (χ0) is 13.8. The van der Waals surface area contributed by atoms with Gasteiger partial charge < -0.3 is 5.43 Å². The lowest BCUT2D eigenvalue weighted by molar-refractivity contribution is 0.381. The first-order chi connectivity index (χ1) is 7.57. The molecule has 0 aliphatic rings. The number of anilines is 1. The van der Waals surface area contributed by atoms with Crippen LogP contribution in [-0.4, -0.2) is 17.5 Å². The molecule has 17 heavy (non-hydrogen) atoms. The SMILES string of the molecule is NNc1c(F)c(F)cc(F)c1F.O=S(=O)(O)O. The number of rotatable bonds is 1. The molecule has 0 amide bonds. The molecule has 0 spiro atoms. The maximum absolute atomic E-state index is 12.5. The number of nitrogens with one attached hydrogen (secondary N) is 1. The highest BCUT2D eigenvalue weighted by atomic mass is 32.3. The van der Waals surface area contributed by atoms with Crippen molar-refractivity contribution in [2.75, 3.05) is 5.43 Å². The van der Waals surface area contributed by atoms with E-state index in [0.717, 1.165) is 0 Å². The molecular formula is C6H6F4N2O4S. The smallest absolute Gasteiger partial charge is 0.319 e. The Hall–Kier alpha value is -1.43. The van der Waals surface area contributed by atoms with Crippen molar-refractivity contribution in [2.24, 2.45) is 5.84 Å². The van der Waals surface area contributed by atoms with Crippen LogP contribution in [-0.2, 0) is 10.4 Å². The highest BCUT2D eigenvalue weighted by Gasteiger charge is 2.17. The standard InChI is InChI=1S/C6H4F4N2.H2O4S/c7-2-1-3(8)5(10)6(12-11)4(2)9;1-5(2,3)4/h1,12H,11H2;(H2,1,2,3,4). The van der Waals surface area contributed by atoms with E-state index >= 15 is 0 Å². The Morgan fingerprint density at radius 1 is 1.06 bits per heavy atom. The van der Waals surface area contributed by atoms with Crippen molar-refractivity contribution in [1.82, 2.24) is 0 Å². The summed E-state index contributed by atoms with van der Waals surface area (Å²) in [5, 5.41) is 0. The van der Waals surface area contributed by atoms with Crippen LogP contribution < -0.4 is 11.3 Å². The number of benzene rings is 1. The van der Waals surface area contributed by atoms with Gasteiger partial charge in [-0.15, -0.1) is 0 Å². The minimum atomic E-state index is -4.67. The van der Waals surface area contributed by atoms with Gasteiger partial charge in [-0.25, -0.2) is 17.6 Å². The minimum Gasteiger partial charge on any atom is -0.319 e. The van der Waals surface area contributed by atoms with Crippen LogP contribution in [0.25, 0.3) is 0 Å². The summed E-state index contributed by atoms with van der Waals surface area (Å²) in [6.07, 6.45) is 0. The molecule has 0 atom stereocenters. The van der Waals surface area contributed by atoms with Gasteiger partial charge in [0.1, 0.15) is 5.69 Å². The first-order valence-electron chi connectivity index (χ1n) is 3.57. The number of halogens is 4. The van der Waals surface area contributed by atoms with Crippen molar-refractivity contribution in [3.05, 3.63) is 29.3 Å². The lowest BCUT2D eigenvalue weighted by Gasteiger charge is -2.04. The third kappa shape index (κ3) is 5.44. The highest BCUT2D eigenvalue weighted by molar-refractivity contribution is 7.79. The Morgan fingerprint density at radius 3 is 1.59 bits per heavy atom. The molecule has 0 saturated carbocycles. The van der Waals surface area contributed by atoms with E-state index < -0.39 is 39.4 Å². The summed E-state index contributed by atoms with van der Waals surface area (Å²) >= 11 is 0. The van der Waals surface area contributed by atoms with Crippen molar-refractivity contribution < 1.29 is 35.1 Å². The monoisotopic (exact) mass is 278 g/mol. The van der Waals surface area contributed by atoms with Crippen LogP contribution in [0.15, 0.2) is 6.07 Å². The number of nitrogen functional groups attached to an aromatic ring is 1. The molecule has 0 bridgehead atoms. The average Bonchev–Trinajstić information content (AvgIpc) is 2.13. The van der Waals surface area contributed by atoms with Crippen LogP contribution in [0.5, 0.6) is 0 Å². The molecule has 11 heteroatoms. The molecule has 0 radical (unpaired) electrons. The summed E-state index contributed by atoms with van der Waals surface area (Å²) in [7, 11) is -4.67. The van der Waals surface area contributed by atoms with E-state index in [-0.39, 0.29) is 6.07 Å². The third-order valence-corrected chi connectivity index (χ3v) is 1.26. The molecule has 0 aliphatic heterocycles. The van der Waals surface area contributed by atoms with Gasteiger partial charge in [0.2, 0.25) is 0 Å². The molecule has 0 unspecified atom stereocenters. The maximum atomic E-state index is 12.5.